The number of halogens is 1. The molecule has 0 amide bonds. The zero-order chi connectivity index (χ0) is 10.9. The van der Waals surface area contributed by atoms with Crippen molar-refractivity contribution < 1.29 is 4.39 Å². The zero-order valence-corrected chi connectivity index (χ0v) is 9.97. The number of piperidine rings is 1. The second-order valence-electron chi connectivity index (χ2n) is 4.56. The van der Waals surface area contributed by atoms with Gasteiger partial charge in [-0.1, -0.05) is 6.92 Å². The van der Waals surface area contributed by atoms with Crippen LogP contribution in [0.15, 0.2) is 0 Å². The minimum Gasteiger partial charge on any atom is -0.316 e. The topological polar surface area (TPSA) is 15.3 Å². The second kappa shape index (κ2) is 8.05. The molecule has 1 rings (SSSR count). The fourth-order valence-corrected chi connectivity index (χ4v) is 2.29. The monoisotopic (exact) mass is 216 g/mol. The summed E-state index contributed by atoms with van der Waals surface area (Å²) in [5, 5.41) is 3.48. The van der Waals surface area contributed by atoms with Gasteiger partial charge in [-0.05, 0) is 51.2 Å². The number of hydrogen-bond acceptors (Lipinski definition) is 2. The third kappa shape index (κ3) is 5.47. The van der Waals surface area contributed by atoms with E-state index < -0.39 is 0 Å². The summed E-state index contributed by atoms with van der Waals surface area (Å²) in [4.78, 5) is 2.42. The minimum atomic E-state index is -0.171. The van der Waals surface area contributed by atoms with E-state index in [2.05, 4.69) is 17.1 Å². The van der Waals surface area contributed by atoms with E-state index in [4.69, 9.17) is 0 Å². The van der Waals surface area contributed by atoms with E-state index in [1.807, 2.05) is 0 Å². The van der Waals surface area contributed by atoms with Crippen LogP contribution in [-0.2, 0) is 0 Å². The van der Waals surface area contributed by atoms with Crippen molar-refractivity contribution in [3.63, 3.8) is 0 Å². The first kappa shape index (κ1) is 12.9. The molecule has 3 heteroatoms. The minimum absolute atomic E-state index is 0.171. The van der Waals surface area contributed by atoms with Crippen molar-refractivity contribution in [2.75, 3.05) is 39.4 Å². The van der Waals surface area contributed by atoms with E-state index in [1.165, 1.54) is 25.8 Å². The number of hydrogen-bond donors (Lipinski definition) is 1. The molecule has 1 N–H and O–H groups in total. The maximum Gasteiger partial charge on any atom is 0.0906 e. The molecule has 1 atom stereocenters. The molecule has 1 aliphatic rings. The molecule has 0 bridgehead atoms. The average Bonchev–Trinajstić information content (AvgIpc) is 2.27. The summed E-state index contributed by atoms with van der Waals surface area (Å²) < 4.78 is 12.1. The summed E-state index contributed by atoms with van der Waals surface area (Å²) >= 11 is 0. The van der Waals surface area contributed by atoms with E-state index in [9.17, 15) is 4.39 Å². The lowest BCUT2D eigenvalue weighted by molar-refractivity contribution is 0.167. The van der Waals surface area contributed by atoms with Crippen molar-refractivity contribution in [2.45, 2.75) is 32.6 Å². The van der Waals surface area contributed by atoms with Crippen LogP contribution >= 0.6 is 0 Å². The average molecular weight is 216 g/mol. The predicted molar refractivity (Wildman–Crippen MR) is 62.9 cm³/mol. The van der Waals surface area contributed by atoms with Crippen LogP contribution in [-0.4, -0.2) is 44.3 Å². The molecule has 1 fully saturated rings. The summed E-state index contributed by atoms with van der Waals surface area (Å²) in [6.07, 6.45) is 4.53. The Kier molecular flexibility index (Phi) is 6.94. The highest BCUT2D eigenvalue weighted by molar-refractivity contribution is 4.74. The Balaban J connectivity index is 2.11. The molecule has 15 heavy (non-hydrogen) atoms. The highest BCUT2D eigenvalue weighted by atomic mass is 19.1. The van der Waals surface area contributed by atoms with Crippen LogP contribution in [0.1, 0.15) is 32.6 Å². The Morgan fingerprint density at radius 3 is 3.07 bits per heavy atom. The van der Waals surface area contributed by atoms with E-state index in [1.54, 1.807) is 0 Å². The number of nitrogens with one attached hydrogen (secondary N) is 1. The Hall–Kier alpha value is -0.150. The van der Waals surface area contributed by atoms with Gasteiger partial charge in [-0.25, -0.2) is 0 Å². The molecule has 0 spiro atoms. The summed E-state index contributed by atoms with van der Waals surface area (Å²) in [7, 11) is 0. The molecule has 1 saturated heterocycles. The van der Waals surface area contributed by atoms with Gasteiger partial charge >= 0.3 is 0 Å². The van der Waals surface area contributed by atoms with E-state index in [-0.39, 0.29) is 6.67 Å². The van der Waals surface area contributed by atoms with Gasteiger partial charge in [0.05, 0.1) is 6.67 Å². The van der Waals surface area contributed by atoms with Crippen LogP contribution < -0.4 is 5.32 Å². The maximum atomic E-state index is 12.1. The lowest BCUT2D eigenvalue weighted by Crippen LogP contribution is -2.40. The standard InChI is InChI=1S/C12H25FN2/c1-2-7-14-10-12-5-3-8-15(11-12)9-4-6-13/h12,14H,2-11H2,1H3. The van der Waals surface area contributed by atoms with Gasteiger partial charge in [-0.2, -0.15) is 0 Å². The molecule has 0 aromatic carbocycles. The third-order valence-corrected chi connectivity index (χ3v) is 3.07. The van der Waals surface area contributed by atoms with Gasteiger partial charge in [-0.15, -0.1) is 0 Å². The number of rotatable bonds is 7. The van der Waals surface area contributed by atoms with Crippen LogP contribution in [0.25, 0.3) is 0 Å². The molecule has 1 heterocycles. The molecule has 0 aromatic heterocycles. The van der Waals surface area contributed by atoms with Crippen molar-refractivity contribution >= 4 is 0 Å². The Morgan fingerprint density at radius 1 is 1.47 bits per heavy atom. The van der Waals surface area contributed by atoms with Crippen molar-refractivity contribution in [3.05, 3.63) is 0 Å². The summed E-state index contributed by atoms with van der Waals surface area (Å²) in [5.41, 5.74) is 0. The molecule has 0 aliphatic carbocycles. The van der Waals surface area contributed by atoms with E-state index >= 15 is 0 Å². The quantitative estimate of drug-likeness (QED) is 0.655. The molecule has 90 valence electrons. The van der Waals surface area contributed by atoms with E-state index in [0.717, 1.165) is 32.1 Å². The van der Waals surface area contributed by atoms with Crippen molar-refractivity contribution in [2.24, 2.45) is 5.92 Å². The molecule has 0 radical (unpaired) electrons. The van der Waals surface area contributed by atoms with Gasteiger partial charge in [0.1, 0.15) is 0 Å². The third-order valence-electron chi connectivity index (χ3n) is 3.07. The maximum absolute atomic E-state index is 12.1. The van der Waals surface area contributed by atoms with Gasteiger partial charge in [0.25, 0.3) is 0 Å². The summed E-state index contributed by atoms with van der Waals surface area (Å²) in [6, 6.07) is 0. The molecule has 0 aromatic rings. The van der Waals surface area contributed by atoms with Gasteiger partial charge in [0.2, 0.25) is 0 Å². The highest BCUT2D eigenvalue weighted by Crippen LogP contribution is 2.15. The van der Waals surface area contributed by atoms with Crippen molar-refractivity contribution in [3.8, 4) is 0 Å². The second-order valence-corrected chi connectivity index (χ2v) is 4.56. The Morgan fingerprint density at radius 2 is 2.33 bits per heavy atom. The van der Waals surface area contributed by atoms with Crippen molar-refractivity contribution in [1.29, 1.82) is 0 Å². The molecule has 1 unspecified atom stereocenters. The lowest BCUT2D eigenvalue weighted by Gasteiger charge is -2.32. The molecule has 0 saturated carbocycles. The van der Waals surface area contributed by atoms with Gasteiger partial charge in [0, 0.05) is 13.1 Å². The van der Waals surface area contributed by atoms with E-state index in [0.29, 0.717) is 6.42 Å². The molecular formula is C12H25FN2. The van der Waals surface area contributed by atoms with Crippen LogP contribution in [0.5, 0.6) is 0 Å². The van der Waals surface area contributed by atoms with Crippen molar-refractivity contribution in [1.82, 2.24) is 10.2 Å². The first-order valence-electron chi connectivity index (χ1n) is 6.35. The summed E-state index contributed by atoms with van der Waals surface area (Å²) in [6.45, 7) is 7.57. The number of likely N-dealkylation sites (tertiary alicyclic amines) is 1. The van der Waals surface area contributed by atoms with Gasteiger partial charge < -0.3 is 10.2 Å². The summed E-state index contributed by atoms with van der Waals surface area (Å²) in [5.74, 6) is 0.782. The first-order chi connectivity index (χ1) is 7.36. The molecular weight excluding hydrogens is 191 g/mol. The zero-order valence-electron chi connectivity index (χ0n) is 9.97. The number of nitrogens with zero attached hydrogens (tertiary/aromatic N) is 1. The van der Waals surface area contributed by atoms with Gasteiger partial charge in [-0.3, -0.25) is 4.39 Å². The van der Waals surface area contributed by atoms with Crippen LogP contribution in [0.4, 0.5) is 4.39 Å². The number of alkyl halides is 1. The smallest absolute Gasteiger partial charge is 0.0906 e. The molecule has 2 nitrogen and oxygen atoms in total. The van der Waals surface area contributed by atoms with Gasteiger partial charge in [0.15, 0.2) is 0 Å². The fourth-order valence-electron chi connectivity index (χ4n) is 2.29. The van der Waals surface area contributed by atoms with Crippen LogP contribution in [0.2, 0.25) is 0 Å². The highest BCUT2D eigenvalue weighted by Gasteiger charge is 2.18. The SMILES string of the molecule is CCCNCC1CCCN(CCCF)C1. The fraction of sp³-hybridized carbons (Fsp3) is 1.00. The normalized spacial score (nSPS) is 23.2. The lowest BCUT2D eigenvalue weighted by atomic mass is 9.98. The largest absolute Gasteiger partial charge is 0.316 e. The molecule has 1 aliphatic heterocycles. The first-order valence-corrected chi connectivity index (χ1v) is 6.35. The Bertz CT molecular complexity index is 153. The Labute approximate surface area is 93.2 Å². The predicted octanol–water partition coefficient (Wildman–Crippen LogP) is 2.06. The van der Waals surface area contributed by atoms with Crippen LogP contribution in [0.3, 0.4) is 0 Å². The van der Waals surface area contributed by atoms with Crippen LogP contribution in [0, 0.1) is 5.92 Å².